The molecular formula is C17H21N3O3S. The standard InChI is InChI=1S/C17H21N3O3S/c1-4-17(2,3)19-16(21)14-9-5-6-10-15(14)24(22,23)20-13-8-7-11-18-12-13/h5-12,20H,4H2,1-3H3,(H,19,21). The molecule has 1 heterocycles. The van der Waals surface area contributed by atoms with Gasteiger partial charge in [-0.25, -0.2) is 8.42 Å². The van der Waals surface area contributed by atoms with Gasteiger partial charge in [0.15, 0.2) is 0 Å². The SMILES string of the molecule is CCC(C)(C)NC(=O)c1ccccc1S(=O)(=O)Nc1cccnc1. The average molecular weight is 347 g/mol. The number of nitrogens with one attached hydrogen (secondary N) is 2. The molecule has 1 aromatic carbocycles. The van der Waals surface area contributed by atoms with Crippen LogP contribution in [0.15, 0.2) is 53.7 Å². The predicted octanol–water partition coefficient (Wildman–Crippen LogP) is 2.80. The molecule has 2 N–H and O–H groups in total. The molecular weight excluding hydrogens is 326 g/mol. The molecule has 0 aliphatic rings. The van der Waals surface area contributed by atoms with Crippen LogP contribution in [-0.4, -0.2) is 24.8 Å². The van der Waals surface area contributed by atoms with Crippen molar-refractivity contribution >= 4 is 21.6 Å². The lowest BCUT2D eigenvalue weighted by Gasteiger charge is -2.25. The normalized spacial score (nSPS) is 11.8. The van der Waals surface area contributed by atoms with Gasteiger partial charge in [-0.05, 0) is 44.5 Å². The molecule has 2 rings (SSSR count). The Balaban J connectivity index is 2.36. The number of rotatable bonds is 6. The lowest BCUT2D eigenvalue weighted by Crippen LogP contribution is -2.43. The Morgan fingerprint density at radius 1 is 1.17 bits per heavy atom. The topological polar surface area (TPSA) is 88.2 Å². The molecule has 0 unspecified atom stereocenters. The summed E-state index contributed by atoms with van der Waals surface area (Å²) in [6, 6.07) is 9.34. The van der Waals surface area contributed by atoms with Crippen LogP contribution < -0.4 is 10.0 Å². The van der Waals surface area contributed by atoms with Crippen molar-refractivity contribution in [1.29, 1.82) is 0 Å². The van der Waals surface area contributed by atoms with Gasteiger partial charge in [-0.2, -0.15) is 0 Å². The zero-order chi connectivity index (χ0) is 17.8. The van der Waals surface area contributed by atoms with Crippen molar-refractivity contribution in [3.8, 4) is 0 Å². The van der Waals surface area contributed by atoms with E-state index >= 15 is 0 Å². The van der Waals surface area contributed by atoms with Crippen molar-refractivity contribution in [2.24, 2.45) is 0 Å². The summed E-state index contributed by atoms with van der Waals surface area (Å²) in [7, 11) is -3.90. The highest BCUT2D eigenvalue weighted by molar-refractivity contribution is 7.92. The van der Waals surface area contributed by atoms with Crippen molar-refractivity contribution in [3.63, 3.8) is 0 Å². The van der Waals surface area contributed by atoms with E-state index in [1.807, 2.05) is 20.8 Å². The van der Waals surface area contributed by atoms with Crippen LogP contribution >= 0.6 is 0 Å². The first-order chi connectivity index (χ1) is 11.2. The smallest absolute Gasteiger partial charge is 0.262 e. The van der Waals surface area contributed by atoms with Crippen LogP contribution in [0.25, 0.3) is 0 Å². The number of pyridine rings is 1. The monoisotopic (exact) mass is 347 g/mol. The van der Waals surface area contributed by atoms with E-state index in [0.717, 1.165) is 6.42 Å². The lowest BCUT2D eigenvalue weighted by atomic mass is 10.0. The second-order valence-corrected chi connectivity index (χ2v) is 7.69. The second-order valence-electron chi connectivity index (χ2n) is 6.03. The molecule has 7 heteroatoms. The largest absolute Gasteiger partial charge is 0.347 e. The third kappa shape index (κ3) is 4.32. The zero-order valence-electron chi connectivity index (χ0n) is 13.9. The molecule has 0 saturated carbocycles. The van der Waals surface area contributed by atoms with E-state index in [-0.39, 0.29) is 10.5 Å². The number of hydrogen-bond donors (Lipinski definition) is 2. The Bertz CT molecular complexity index is 818. The number of anilines is 1. The third-order valence-electron chi connectivity index (χ3n) is 3.67. The maximum Gasteiger partial charge on any atom is 0.262 e. The van der Waals surface area contributed by atoms with Crippen molar-refractivity contribution < 1.29 is 13.2 Å². The first-order valence-corrected chi connectivity index (χ1v) is 9.08. The summed E-state index contributed by atoms with van der Waals surface area (Å²) in [4.78, 5) is 16.3. The van der Waals surface area contributed by atoms with Crippen molar-refractivity contribution in [1.82, 2.24) is 10.3 Å². The van der Waals surface area contributed by atoms with Crippen LogP contribution in [0, 0.1) is 0 Å². The number of carbonyl (C=O) groups is 1. The molecule has 0 aliphatic heterocycles. The van der Waals surface area contributed by atoms with Crippen molar-refractivity contribution in [2.75, 3.05) is 4.72 Å². The van der Waals surface area contributed by atoms with E-state index in [1.54, 1.807) is 30.5 Å². The van der Waals surface area contributed by atoms with Gasteiger partial charge in [0.1, 0.15) is 4.90 Å². The highest BCUT2D eigenvalue weighted by atomic mass is 32.2. The van der Waals surface area contributed by atoms with E-state index < -0.39 is 21.5 Å². The molecule has 2 aromatic rings. The van der Waals surface area contributed by atoms with Crippen LogP contribution in [-0.2, 0) is 10.0 Å². The molecule has 0 bridgehead atoms. The number of benzene rings is 1. The zero-order valence-corrected chi connectivity index (χ0v) is 14.7. The number of amides is 1. The summed E-state index contributed by atoms with van der Waals surface area (Å²) in [6.45, 7) is 5.72. The summed E-state index contributed by atoms with van der Waals surface area (Å²) in [5.74, 6) is -0.422. The Morgan fingerprint density at radius 2 is 1.88 bits per heavy atom. The average Bonchev–Trinajstić information content (AvgIpc) is 2.55. The summed E-state index contributed by atoms with van der Waals surface area (Å²) in [6.07, 6.45) is 3.67. The van der Waals surface area contributed by atoms with E-state index in [2.05, 4.69) is 15.0 Å². The molecule has 1 aromatic heterocycles. The van der Waals surface area contributed by atoms with Gasteiger partial charge in [0.2, 0.25) is 0 Å². The predicted molar refractivity (Wildman–Crippen MR) is 93.3 cm³/mol. The molecule has 1 amide bonds. The van der Waals surface area contributed by atoms with Crippen LogP contribution in [0.3, 0.4) is 0 Å². The Morgan fingerprint density at radius 3 is 2.50 bits per heavy atom. The Kier molecular flexibility index (Phi) is 5.23. The summed E-state index contributed by atoms with van der Waals surface area (Å²) in [5.41, 5.74) is 0.0158. The molecule has 0 radical (unpaired) electrons. The molecule has 6 nitrogen and oxygen atoms in total. The van der Waals surface area contributed by atoms with Gasteiger partial charge in [-0.15, -0.1) is 0 Å². The van der Waals surface area contributed by atoms with Crippen molar-refractivity contribution in [3.05, 3.63) is 54.4 Å². The molecule has 24 heavy (non-hydrogen) atoms. The molecule has 128 valence electrons. The van der Waals surface area contributed by atoms with Gasteiger partial charge in [0.05, 0.1) is 17.4 Å². The fraction of sp³-hybridized carbons (Fsp3) is 0.294. The van der Waals surface area contributed by atoms with Gasteiger partial charge in [0, 0.05) is 11.7 Å². The minimum atomic E-state index is -3.90. The van der Waals surface area contributed by atoms with Gasteiger partial charge in [0.25, 0.3) is 15.9 Å². The molecule has 0 fully saturated rings. The molecule has 0 aliphatic carbocycles. The van der Waals surface area contributed by atoms with E-state index in [1.165, 1.54) is 18.3 Å². The van der Waals surface area contributed by atoms with E-state index in [9.17, 15) is 13.2 Å². The minimum absolute atomic E-state index is 0.0711. The second kappa shape index (κ2) is 7.00. The number of hydrogen-bond acceptors (Lipinski definition) is 4. The highest BCUT2D eigenvalue weighted by Gasteiger charge is 2.25. The number of aromatic nitrogens is 1. The molecule has 0 atom stereocenters. The number of carbonyl (C=O) groups excluding carboxylic acids is 1. The fourth-order valence-corrected chi connectivity index (χ4v) is 3.23. The van der Waals surface area contributed by atoms with Crippen LogP contribution in [0.4, 0.5) is 5.69 Å². The van der Waals surface area contributed by atoms with Crippen LogP contribution in [0.5, 0.6) is 0 Å². The highest BCUT2D eigenvalue weighted by Crippen LogP contribution is 2.20. The van der Waals surface area contributed by atoms with Gasteiger partial charge >= 0.3 is 0 Å². The van der Waals surface area contributed by atoms with E-state index in [4.69, 9.17) is 0 Å². The van der Waals surface area contributed by atoms with Crippen molar-refractivity contribution in [2.45, 2.75) is 37.6 Å². The van der Waals surface area contributed by atoms with Gasteiger partial charge in [-0.1, -0.05) is 19.1 Å². The minimum Gasteiger partial charge on any atom is -0.347 e. The van der Waals surface area contributed by atoms with Gasteiger partial charge < -0.3 is 5.32 Å². The molecule has 0 saturated heterocycles. The summed E-state index contributed by atoms with van der Waals surface area (Å²) in [5, 5.41) is 2.86. The maximum absolute atomic E-state index is 12.6. The molecule has 0 spiro atoms. The first-order valence-electron chi connectivity index (χ1n) is 7.59. The lowest BCUT2D eigenvalue weighted by molar-refractivity contribution is 0.0908. The summed E-state index contributed by atoms with van der Waals surface area (Å²) >= 11 is 0. The number of nitrogens with zero attached hydrogens (tertiary/aromatic N) is 1. The quantitative estimate of drug-likeness (QED) is 0.841. The Labute approximate surface area is 142 Å². The van der Waals surface area contributed by atoms with Crippen LogP contribution in [0.2, 0.25) is 0 Å². The van der Waals surface area contributed by atoms with Crippen LogP contribution in [0.1, 0.15) is 37.6 Å². The fourth-order valence-electron chi connectivity index (χ4n) is 1.98. The van der Waals surface area contributed by atoms with E-state index in [0.29, 0.717) is 5.69 Å². The number of sulfonamides is 1. The summed E-state index contributed by atoms with van der Waals surface area (Å²) < 4.78 is 27.7. The first kappa shape index (κ1) is 17.9. The van der Waals surface area contributed by atoms with Gasteiger partial charge in [-0.3, -0.25) is 14.5 Å². The third-order valence-corrected chi connectivity index (χ3v) is 5.11. The Hall–Kier alpha value is -2.41. The maximum atomic E-state index is 12.6.